The van der Waals surface area contributed by atoms with E-state index in [0.717, 1.165) is 12.3 Å². The molecule has 0 atom stereocenters. The molecular formula is C12H19NO. The van der Waals surface area contributed by atoms with Gasteiger partial charge in [0.2, 0.25) is 0 Å². The van der Waals surface area contributed by atoms with Gasteiger partial charge in [0.25, 0.3) is 0 Å². The molecule has 1 aliphatic heterocycles. The highest BCUT2D eigenvalue weighted by atomic mass is 16.5. The topological polar surface area (TPSA) is 12.5 Å². The first kappa shape index (κ1) is 11.1. The summed E-state index contributed by atoms with van der Waals surface area (Å²) >= 11 is 0. The Hall–Kier alpha value is -1.02. The molecule has 1 aliphatic rings. The standard InChI is InChI=1S/C10H13NO.C2H6/c1-8-4-3-5-10-9(8)6-11(2)7-12-10;1-2/h3-5H,6-7H2,1-2H3;1-2H3. The van der Waals surface area contributed by atoms with Crippen molar-refractivity contribution in [2.45, 2.75) is 27.3 Å². The third kappa shape index (κ3) is 2.26. The summed E-state index contributed by atoms with van der Waals surface area (Å²) in [6.07, 6.45) is 0. The maximum absolute atomic E-state index is 5.54. The minimum atomic E-state index is 0.705. The van der Waals surface area contributed by atoms with E-state index in [2.05, 4.69) is 24.9 Å². The Balaban J connectivity index is 0.000000461. The molecule has 2 rings (SSSR count). The van der Waals surface area contributed by atoms with E-state index in [9.17, 15) is 0 Å². The predicted octanol–water partition coefficient (Wildman–Crippen LogP) is 2.80. The molecule has 0 unspecified atom stereocenters. The number of aryl methyl sites for hydroxylation is 1. The van der Waals surface area contributed by atoms with Crippen molar-refractivity contribution in [3.63, 3.8) is 0 Å². The zero-order valence-electron chi connectivity index (χ0n) is 9.50. The molecule has 2 heteroatoms. The first-order valence-corrected chi connectivity index (χ1v) is 5.17. The Morgan fingerprint density at radius 1 is 1.29 bits per heavy atom. The molecule has 14 heavy (non-hydrogen) atoms. The lowest BCUT2D eigenvalue weighted by Gasteiger charge is -2.26. The normalized spacial score (nSPS) is 14.9. The van der Waals surface area contributed by atoms with Crippen LogP contribution in [0.5, 0.6) is 5.75 Å². The zero-order valence-corrected chi connectivity index (χ0v) is 9.50. The lowest BCUT2D eigenvalue weighted by atomic mass is 10.1. The third-order valence-corrected chi connectivity index (χ3v) is 2.24. The van der Waals surface area contributed by atoms with Crippen molar-refractivity contribution < 1.29 is 4.74 Å². The van der Waals surface area contributed by atoms with Gasteiger partial charge in [-0.1, -0.05) is 26.0 Å². The average Bonchev–Trinajstić information content (AvgIpc) is 2.22. The van der Waals surface area contributed by atoms with Crippen LogP contribution in [0, 0.1) is 6.92 Å². The van der Waals surface area contributed by atoms with Crippen LogP contribution in [0.3, 0.4) is 0 Å². The van der Waals surface area contributed by atoms with E-state index < -0.39 is 0 Å². The largest absolute Gasteiger partial charge is 0.478 e. The van der Waals surface area contributed by atoms with Crippen molar-refractivity contribution in [2.24, 2.45) is 0 Å². The maximum atomic E-state index is 5.54. The van der Waals surface area contributed by atoms with Crippen LogP contribution in [-0.2, 0) is 6.54 Å². The fraction of sp³-hybridized carbons (Fsp3) is 0.500. The fourth-order valence-corrected chi connectivity index (χ4v) is 1.51. The van der Waals surface area contributed by atoms with Crippen LogP contribution in [0.1, 0.15) is 25.0 Å². The quantitative estimate of drug-likeness (QED) is 0.628. The van der Waals surface area contributed by atoms with Crippen LogP contribution < -0.4 is 4.74 Å². The second kappa shape index (κ2) is 5.01. The Bertz CT molecular complexity index is 296. The Morgan fingerprint density at radius 2 is 2.00 bits per heavy atom. The number of rotatable bonds is 0. The number of nitrogens with zero attached hydrogens (tertiary/aromatic N) is 1. The zero-order chi connectivity index (χ0) is 10.6. The molecule has 0 saturated heterocycles. The first-order chi connectivity index (χ1) is 6.77. The Morgan fingerprint density at radius 3 is 2.71 bits per heavy atom. The molecule has 0 N–H and O–H groups in total. The van der Waals surface area contributed by atoms with E-state index in [4.69, 9.17) is 4.74 Å². The summed E-state index contributed by atoms with van der Waals surface area (Å²) in [5.41, 5.74) is 2.64. The SMILES string of the molecule is CC.Cc1cccc2c1CN(C)CO2. The minimum Gasteiger partial charge on any atom is -0.478 e. The molecule has 1 aromatic carbocycles. The monoisotopic (exact) mass is 193 g/mol. The van der Waals surface area contributed by atoms with Gasteiger partial charge < -0.3 is 4.74 Å². The summed E-state index contributed by atoms with van der Waals surface area (Å²) in [6.45, 7) is 7.83. The number of fused-ring (bicyclic) bond motifs is 1. The van der Waals surface area contributed by atoms with Gasteiger partial charge in [0.15, 0.2) is 0 Å². The van der Waals surface area contributed by atoms with Crippen LogP contribution in [0.2, 0.25) is 0 Å². The Labute approximate surface area is 86.5 Å². The van der Waals surface area contributed by atoms with Crippen molar-refractivity contribution in [3.05, 3.63) is 29.3 Å². The minimum absolute atomic E-state index is 0.705. The number of ether oxygens (including phenoxy) is 1. The lowest BCUT2D eigenvalue weighted by Crippen LogP contribution is -2.28. The Kier molecular flexibility index (Phi) is 3.96. The van der Waals surface area contributed by atoms with Crippen LogP contribution >= 0.6 is 0 Å². The lowest BCUT2D eigenvalue weighted by molar-refractivity contribution is 0.121. The van der Waals surface area contributed by atoms with Gasteiger partial charge in [-0.3, -0.25) is 4.90 Å². The van der Waals surface area contributed by atoms with Gasteiger partial charge in [0, 0.05) is 12.1 Å². The van der Waals surface area contributed by atoms with E-state index in [0.29, 0.717) is 6.73 Å². The third-order valence-electron chi connectivity index (χ3n) is 2.24. The van der Waals surface area contributed by atoms with Crippen LogP contribution in [0.25, 0.3) is 0 Å². The smallest absolute Gasteiger partial charge is 0.142 e. The summed E-state index contributed by atoms with van der Waals surface area (Å²) in [6, 6.07) is 6.20. The maximum Gasteiger partial charge on any atom is 0.142 e. The van der Waals surface area contributed by atoms with Crippen LogP contribution in [-0.4, -0.2) is 18.7 Å². The average molecular weight is 193 g/mol. The summed E-state index contributed by atoms with van der Waals surface area (Å²) in [7, 11) is 2.06. The summed E-state index contributed by atoms with van der Waals surface area (Å²) in [4.78, 5) is 2.16. The number of benzene rings is 1. The molecule has 0 amide bonds. The number of hydrogen-bond donors (Lipinski definition) is 0. The van der Waals surface area contributed by atoms with Crippen LogP contribution in [0.4, 0.5) is 0 Å². The molecule has 0 radical (unpaired) electrons. The molecule has 1 heterocycles. The van der Waals surface area contributed by atoms with Gasteiger partial charge in [-0.05, 0) is 25.6 Å². The number of hydrogen-bond acceptors (Lipinski definition) is 2. The molecule has 1 aromatic rings. The molecule has 0 aliphatic carbocycles. The predicted molar refractivity (Wildman–Crippen MR) is 59.5 cm³/mol. The van der Waals surface area contributed by atoms with Gasteiger partial charge in [-0.15, -0.1) is 0 Å². The van der Waals surface area contributed by atoms with Crippen molar-refractivity contribution in [3.8, 4) is 5.75 Å². The fourth-order valence-electron chi connectivity index (χ4n) is 1.51. The van der Waals surface area contributed by atoms with Gasteiger partial charge in [-0.2, -0.15) is 0 Å². The van der Waals surface area contributed by atoms with E-state index >= 15 is 0 Å². The first-order valence-electron chi connectivity index (χ1n) is 5.17. The highest BCUT2D eigenvalue weighted by Gasteiger charge is 2.14. The van der Waals surface area contributed by atoms with Crippen molar-refractivity contribution in [1.82, 2.24) is 4.90 Å². The second-order valence-corrected chi connectivity index (χ2v) is 3.34. The van der Waals surface area contributed by atoms with Crippen molar-refractivity contribution in [1.29, 1.82) is 0 Å². The van der Waals surface area contributed by atoms with E-state index in [1.54, 1.807) is 0 Å². The van der Waals surface area contributed by atoms with Gasteiger partial charge in [-0.25, -0.2) is 0 Å². The molecule has 0 spiro atoms. The molecule has 0 bridgehead atoms. The van der Waals surface area contributed by atoms with Crippen molar-refractivity contribution >= 4 is 0 Å². The molecular weight excluding hydrogens is 174 g/mol. The summed E-state index contributed by atoms with van der Waals surface area (Å²) < 4.78 is 5.54. The second-order valence-electron chi connectivity index (χ2n) is 3.34. The molecule has 0 saturated carbocycles. The molecule has 0 aromatic heterocycles. The molecule has 78 valence electrons. The van der Waals surface area contributed by atoms with E-state index in [-0.39, 0.29) is 0 Å². The van der Waals surface area contributed by atoms with Crippen molar-refractivity contribution in [2.75, 3.05) is 13.8 Å². The van der Waals surface area contributed by atoms with E-state index in [1.807, 2.05) is 26.0 Å². The van der Waals surface area contributed by atoms with Gasteiger partial charge in [0.1, 0.15) is 12.5 Å². The van der Waals surface area contributed by atoms with Crippen LogP contribution in [0.15, 0.2) is 18.2 Å². The van der Waals surface area contributed by atoms with E-state index in [1.165, 1.54) is 11.1 Å². The highest BCUT2D eigenvalue weighted by Crippen LogP contribution is 2.26. The molecule has 2 nitrogen and oxygen atoms in total. The summed E-state index contributed by atoms with van der Waals surface area (Å²) in [5.74, 6) is 1.05. The molecule has 0 fully saturated rings. The van der Waals surface area contributed by atoms with Gasteiger partial charge in [0.05, 0.1) is 0 Å². The highest BCUT2D eigenvalue weighted by molar-refractivity contribution is 5.40. The van der Waals surface area contributed by atoms with Gasteiger partial charge >= 0.3 is 0 Å². The summed E-state index contributed by atoms with van der Waals surface area (Å²) in [5, 5.41) is 0.